The molecule has 1 heterocycles. The van der Waals surface area contributed by atoms with Crippen molar-refractivity contribution in [3.63, 3.8) is 0 Å². The van der Waals surface area contributed by atoms with Crippen molar-refractivity contribution in [3.8, 4) is 6.07 Å². The van der Waals surface area contributed by atoms with Crippen LogP contribution in [0.1, 0.15) is 12.0 Å². The zero-order valence-electron chi connectivity index (χ0n) is 13.0. The van der Waals surface area contributed by atoms with Crippen LogP contribution < -0.4 is 9.80 Å². The molecule has 1 aliphatic rings. The zero-order chi connectivity index (χ0) is 17.3. The van der Waals surface area contributed by atoms with E-state index < -0.39 is 17.7 Å². The lowest BCUT2D eigenvalue weighted by molar-refractivity contribution is -0.118. The highest BCUT2D eigenvalue weighted by atomic mass is 19.1. The van der Waals surface area contributed by atoms with E-state index in [1.165, 1.54) is 23.1 Å². The maximum absolute atomic E-state index is 13.9. The van der Waals surface area contributed by atoms with Gasteiger partial charge in [0.2, 0.25) is 5.91 Å². The van der Waals surface area contributed by atoms with E-state index in [2.05, 4.69) is 0 Å². The summed E-state index contributed by atoms with van der Waals surface area (Å²) in [6.07, 6.45) is 0.463. The molecule has 3 rings (SSSR count). The predicted molar refractivity (Wildman–Crippen MR) is 86.7 cm³/mol. The number of hydrogen-bond acceptors (Lipinski definition) is 3. The molecule has 1 fully saturated rings. The summed E-state index contributed by atoms with van der Waals surface area (Å²) in [5, 5.41) is 9.16. The quantitative estimate of drug-likeness (QED) is 0.870. The number of hydrogen-bond donors (Lipinski definition) is 0. The molecule has 6 heteroatoms. The van der Waals surface area contributed by atoms with Crippen LogP contribution in [0.4, 0.5) is 20.2 Å². The van der Waals surface area contributed by atoms with Crippen LogP contribution >= 0.6 is 0 Å². The van der Waals surface area contributed by atoms with E-state index >= 15 is 0 Å². The number of halogens is 2. The second-order valence-electron chi connectivity index (χ2n) is 5.60. The van der Waals surface area contributed by atoms with Crippen LogP contribution in [-0.4, -0.2) is 25.5 Å². The highest BCUT2D eigenvalue weighted by molar-refractivity contribution is 6.01. The summed E-state index contributed by atoms with van der Waals surface area (Å²) >= 11 is 0. The Bertz CT molecular complexity index is 831. The van der Waals surface area contributed by atoms with Gasteiger partial charge in [0.1, 0.15) is 29.3 Å². The van der Waals surface area contributed by atoms with Crippen LogP contribution in [0.25, 0.3) is 0 Å². The van der Waals surface area contributed by atoms with Crippen LogP contribution in [0.5, 0.6) is 0 Å². The van der Waals surface area contributed by atoms with Gasteiger partial charge in [0.25, 0.3) is 0 Å². The SMILES string of the molecule is CN(c1cccc(F)c1C#N)C1CCN(c2ccccc2F)C1=O. The van der Waals surface area contributed by atoms with Gasteiger partial charge in [0.05, 0.1) is 11.4 Å². The van der Waals surface area contributed by atoms with Crippen LogP contribution in [-0.2, 0) is 4.79 Å². The highest BCUT2D eigenvalue weighted by Gasteiger charge is 2.37. The van der Waals surface area contributed by atoms with E-state index in [1.807, 2.05) is 6.07 Å². The largest absolute Gasteiger partial charge is 0.361 e. The van der Waals surface area contributed by atoms with E-state index in [-0.39, 0.29) is 17.2 Å². The van der Waals surface area contributed by atoms with Gasteiger partial charge in [-0.05, 0) is 30.7 Å². The molecule has 1 amide bonds. The molecule has 1 unspecified atom stereocenters. The molecule has 0 radical (unpaired) electrons. The lowest BCUT2D eigenvalue weighted by Crippen LogP contribution is -2.40. The average Bonchev–Trinajstić information content (AvgIpc) is 2.96. The fourth-order valence-corrected chi connectivity index (χ4v) is 3.02. The van der Waals surface area contributed by atoms with Gasteiger partial charge in [0, 0.05) is 13.6 Å². The maximum Gasteiger partial charge on any atom is 0.249 e. The number of rotatable bonds is 3. The molecular weight excluding hydrogens is 312 g/mol. The lowest BCUT2D eigenvalue weighted by Gasteiger charge is -2.26. The van der Waals surface area contributed by atoms with Crippen molar-refractivity contribution in [2.45, 2.75) is 12.5 Å². The molecule has 4 nitrogen and oxygen atoms in total. The molecule has 0 aliphatic carbocycles. The monoisotopic (exact) mass is 327 g/mol. The fraction of sp³-hybridized carbons (Fsp3) is 0.222. The first-order valence-electron chi connectivity index (χ1n) is 7.52. The molecule has 0 spiro atoms. The highest BCUT2D eigenvalue weighted by Crippen LogP contribution is 2.30. The minimum Gasteiger partial charge on any atom is -0.361 e. The maximum atomic E-state index is 13.9. The van der Waals surface area contributed by atoms with Crippen molar-refractivity contribution in [2.75, 3.05) is 23.4 Å². The van der Waals surface area contributed by atoms with Crippen molar-refractivity contribution in [2.24, 2.45) is 0 Å². The van der Waals surface area contributed by atoms with Gasteiger partial charge < -0.3 is 9.80 Å². The Morgan fingerprint density at radius 1 is 1.17 bits per heavy atom. The Morgan fingerprint density at radius 3 is 2.58 bits per heavy atom. The Balaban J connectivity index is 1.90. The second-order valence-corrected chi connectivity index (χ2v) is 5.60. The molecule has 2 aromatic carbocycles. The Hall–Kier alpha value is -2.94. The molecule has 0 N–H and O–H groups in total. The standard InChI is InChI=1S/C18H15F2N3O/c1-22(15-8-4-6-13(19)12(15)11-21)17-9-10-23(18(17)24)16-7-3-2-5-14(16)20/h2-8,17H,9-10H2,1H3. The number of para-hydroxylation sites is 1. The third-order valence-electron chi connectivity index (χ3n) is 4.27. The summed E-state index contributed by atoms with van der Waals surface area (Å²) in [5.41, 5.74) is 0.488. The van der Waals surface area contributed by atoms with E-state index in [4.69, 9.17) is 5.26 Å². The van der Waals surface area contributed by atoms with Crippen molar-refractivity contribution in [1.29, 1.82) is 5.26 Å². The third-order valence-corrected chi connectivity index (χ3v) is 4.27. The molecule has 0 bridgehead atoms. The first-order valence-corrected chi connectivity index (χ1v) is 7.52. The number of carbonyl (C=O) groups is 1. The first kappa shape index (κ1) is 15.9. The fourth-order valence-electron chi connectivity index (χ4n) is 3.02. The molecule has 122 valence electrons. The predicted octanol–water partition coefficient (Wildman–Crippen LogP) is 3.08. The molecule has 0 aromatic heterocycles. The molecular formula is C18H15F2N3O. The van der Waals surface area contributed by atoms with Gasteiger partial charge in [-0.3, -0.25) is 4.79 Å². The van der Waals surface area contributed by atoms with E-state index in [0.717, 1.165) is 0 Å². The molecule has 2 aromatic rings. The van der Waals surface area contributed by atoms with Crippen LogP contribution in [0.2, 0.25) is 0 Å². The van der Waals surface area contributed by atoms with Gasteiger partial charge in [-0.25, -0.2) is 8.78 Å². The molecule has 24 heavy (non-hydrogen) atoms. The smallest absolute Gasteiger partial charge is 0.249 e. The lowest BCUT2D eigenvalue weighted by atomic mass is 10.1. The van der Waals surface area contributed by atoms with Crippen molar-refractivity contribution in [1.82, 2.24) is 0 Å². The summed E-state index contributed by atoms with van der Waals surface area (Å²) < 4.78 is 27.7. The Morgan fingerprint density at radius 2 is 1.88 bits per heavy atom. The Kier molecular flexibility index (Phi) is 4.17. The van der Waals surface area contributed by atoms with E-state index in [1.54, 1.807) is 36.2 Å². The average molecular weight is 327 g/mol. The Labute approximate surface area is 138 Å². The summed E-state index contributed by atoms with van der Waals surface area (Å²) in [7, 11) is 1.64. The van der Waals surface area contributed by atoms with Crippen LogP contribution in [0, 0.1) is 23.0 Å². The normalized spacial score (nSPS) is 17.0. The van der Waals surface area contributed by atoms with E-state index in [0.29, 0.717) is 18.7 Å². The number of nitrogens with zero attached hydrogens (tertiary/aromatic N) is 3. The molecule has 1 aliphatic heterocycles. The van der Waals surface area contributed by atoms with Gasteiger partial charge in [-0.15, -0.1) is 0 Å². The van der Waals surface area contributed by atoms with Crippen LogP contribution in [0.15, 0.2) is 42.5 Å². The number of likely N-dealkylation sites (N-methyl/N-ethyl adjacent to an activating group) is 1. The minimum absolute atomic E-state index is 0.0999. The minimum atomic E-state index is -0.627. The topological polar surface area (TPSA) is 47.3 Å². The third kappa shape index (κ3) is 2.58. The zero-order valence-corrected chi connectivity index (χ0v) is 13.0. The number of nitriles is 1. The van der Waals surface area contributed by atoms with Crippen molar-refractivity contribution < 1.29 is 13.6 Å². The van der Waals surface area contributed by atoms with Crippen molar-refractivity contribution in [3.05, 3.63) is 59.7 Å². The molecule has 0 saturated carbocycles. The second kappa shape index (κ2) is 6.28. The summed E-state index contributed by atoms with van der Waals surface area (Å²) in [6, 6.07) is 11.7. The number of benzene rings is 2. The van der Waals surface area contributed by atoms with Gasteiger partial charge >= 0.3 is 0 Å². The van der Waals surface area contributed by atoms with Gasteiger partial charge in [0.15, 0.2) is 0 Å². The number of amides is 1. The van der Waals surface area contributed by atoms with Crippen LogP contribution in [0.3, 0.4) is 0 Å². The first-order chi connectivity index (χ1) is 11.5. The summed E-state index contributed by atoms with van der Waals surface area (Å²) in [6.45, 7) is 0.367. The molecule has 1 saturated heterocycles. The summed E-state index contributed by atoms with van der Waals surface area (Å²) in [4.78, 5) is 15.7. The molecule has 1 atom stereocenters. The summed E-state index contributed by atoms with van der Waals surface area (Å²) in [5.74, 6) is -1.35. The van der Waals surface area contributed by atoms with E-state index in [9.17, 15) is 13.6 Å². The number of anilines is 2. The van der Waals surface area contributed by atoms with Gasteiger partial charge in [-0.1, -0.05) is 18.2 Å². The van der Waals surface area contributed by atoms with Gasteiger partial charge in [-0.2, -0.15) is 5.26 Å². The van der Waals surface area contributed by atoms with Crippen molar-refractivity contribution >= 4 is 17.3 Å². The number of carbonyl (C=O) groups excluding carboxylic acids is 1.